The number of hydrogen-bond donors (Lipinski definition) is 0. The molecule has 1 aromatic heterocycles. The molecule has 63 valence electrons. The summed E-state index contributed by atoms with van der Waals surface area (Å²) < 4.78 is 0. The van der Waals surface area contributed by atoms with E-state index in [0.29, 0.717) is 6.61 Å². The SMILES string of the molecule is C=CCON=C(C)c1cs[c]n1. The van der Waals surface area contributed by atoms with E-state index < -0.39 is 0 Å². The van der Waals surface area contributed by atoms with Crippen LogP contribution in [-0.4, -0.2) is 17.3 Å². The van der Waals surface area contributed by atoms with Gasteiger partial charge in [0.2, 0.25) is 0 Å². The van der Waals surface area contributed by atoms with E-state index in [2.05, 4.69) is 22.2 Å². The number of aromatic nitrogens is 1. The van der Waals surface area contributed by atoms with Crippen LogP contribution in [0.3, 0.4) is 0 Å². The highest BCUT2D eigenvalue weighted by Gasteiger charge is 1.98. The number of oxime groups is 1. The molecule has 0 N–H and O–H groups in total. The summed E-state index contributed by atoms with van der Waals surface area (Å²) in [5.74, 6) is 0. The van der Waals surface area contributed by atoms with Crippen LogP contribution in [0.5, 0.6) is 0 Å². The summed E-state index contributed by atoms with van der Waals surface area (Å²) >= 11 is 1.41. The maximum absolute atomic E-state index is 4.89. The summed E-state index contributed by atoms with van der Waals surface area (Å²) in [5, 5.41) is 5.70. The highest BCUT2D eigenvalue weighted by Crippen LogP contribution is 2.01. The minimum atomic E-state index is 0.422. The van der Waals surface area contributed by atoms with Crippen LogP contribution in [-0.2, 0) is 4.84 Å². The molecule has 1 heterocycles. The van der Waals surface area contributed by atoms with Gasteiger partial charge in [0.15, 0.2) is 5.51 Å². The van der Waals surface area contributed by atoms with Crippen molar-refractivity contribution in [3.05, 3.63) is 29.2 Å². The number of nitrogens with zero attached hydrogens (tertiary/aromatic N) is 2. The van der Waals surface area contributed by atoms with Crippen molar-refractivity contribution < 1.29 is 4.84 Å². The van der Waals surface area contributed by atoms with Gasteiger partial charge in [-0.15, -0.1) is 11.3 Å². The van der Waals surface area contributed by atoms with Crippen molar-refractivity contribution in [3.8, 4) is 0 Å². The normalized spacial score (nSPS) is 11.2. The molecule has 0 bridgehead atoms. The molecule has 0 fully saturated rings. The molecule has 0 aromatic carbocycles. The summed E-state index contributed by atoms with van der Waals surface area (Å²) in [6, 6.07) is 0. The predicted molar refractivity (Wildman–Crippen MR) is 49.3 cm³/mol. The zero-order chi connectivity index (χ0) is 8.81. The largest absolute Gasteiger partial charge is 0.391 e. The van der Waals surface area contributed by atoms with Crippen LogP contribution >= 0.6 is 11.3 Å². The van der Waals surface area contributed by atoms with Crippen molar-refractivity contribution in [2.45, 2.75) is 6.92 Å². The molecule has 0 amide bonds. The second kappa shape index (κ2) is 4.66. The molecule has 0 aliphatic rings. The highest BCUT2D eigenvalue weighted by atomic mass is 32.1. The minimum Gasteiger partial charge on any atom is -0.391 e. The van der Waals surface area contributed by atoms with Crippen LogP contribution in [0.2, 0.25) is 0 Å². The van der Waals surface area contributed by atoms with Gasteiger partial charge >= 0.3 is 0 Å². The molecule has 0 spiro atoms. The molecule has 3 nitrogen and oxygen atoms in total. The Morgan fingerprint density at radius 3 is 3.42 bits per heavy atom. The van der Waals surface area contributed by atoms with Crippen molar-refractivity contribution in [3.63, 3.8) is 0 Å². The van der Waals surface area contributed by atoms with E-state index in [1.54, 1.807) is 6.08 Å². The van der Waals surface area contributed by atoms with Gasteiger partial charge < -0.3 is 4.84 Å². The van der Waals surface area contributed by atoms with E-state index in [4.69, 9.17) is 4.84 Å². The first kappa shape index (κ1) is 8.93. The van der Waals surface area contributed by atoms with Crippen LogP contribution < -0.4 is 0 Å². The lowest BCUT2D eigenvalue weighted by Gasteiger charge is -1.95. The minimum absolute atomic E-state index is 0.422. The summed E-state index contributed by atoms with van der Waals surface area (Å²) in [7, 11) is 0. The lowest BCUT2D eigenvalue weighted by atomic mass is 10.3. The Labute approximate surface area is 75.4 Å². The van der Waals surface area contributed by atoms with Crippen molar-refractivity contribution >= 4 is 17.0 Å². The summed E-state index contributed by atoms with van der Waals surface area (Å²) in [6.07, 6.45) is 1.64. The maximum Gasteiger partial charge on any atom is 0.152 e. The Hall–Kier alpha value is -1.16. The van der Waals surface area contributed by atoms with Crippen LogP contribution in [0.25, 0.3) is 0 Å². The molecule has 0 aliphatic carbocycles. The maximum atomic E-state index is 4.89. The fourth-order valence-electron chi connectivity index (χ4n) is 0.584. The van der Waals surface area contributed by atoms with Crippen LogP contribution in [0.1, 0.15) is 12.6 Å². The van der Waals surface area contributed by atoms with Crippen molar-refractivity contribution in [1.82, 2.24) is 4.98 Å². The zero-order valence-electron chi connectivity index (χ0n) is 6.78. The average Bonchev–Trinajstić information content (AvgIpc) is 2.56. The first-order chi connectivity index (χ1) is 5.84. The van der Waals surface area contributed by atoms with Gasteiger partial charge in [-0.25, -0.2) is 4.98 Å². The van der Waals surface area contributed by atoms with E-state index in [1.165, 1.54) is 11.3 Å². The van der Waals surface area contributed by atoms with Crippen molar-refractivity contribution in [1.29, 1.82) is 0 Å². The van der Waals surface area contributed by atoms with E-state index in [1.807, 2.05) is 12.3 Å². The summed E-state index contributed by atoms with van der Waals surface area (Å²) in [5.41, 5.74) is 4.30. The number of rotatable bonds is 4. The van der Waals surface area contributed by atoms with Gasteiger partial charge in [0.25, 0.3) is 0 Å². The van der Waals surface area contributed by atoms with Crippen molar-refractivity contribution in [2.24, 2.45) is 5.16 Å². The first-order valence-corrected chi connectivity index (χ1v) is 4.32. The molecule has 0 saturated carbocycles. The zero-order valence-corrected chi connectivity index (χ0v) is 7.60. The van der Waals surface area contributed by atoms with Crippen LogP contribution in [0.4, 0.5) is 0 Å². The van der Waals surface area contributed by atoms with Gasteiger partial charge in [-0.3, -0.25) is 0 Å². The van der Waals surface area contributed by atoms with E-state index in [0.717, 1.165) is 11.4 Å². The number of thiazole rings is 1. The van der Waals surface area contributed by atoms with E-state index in [9.17, 15) is 0 Å². The molecule has 0 unspecified atom stereocenters. The Morgan fingerprint density at radius 1 is 2.00 bits per heavy atom. The van der Waals surface area contributed by atoms with Gasteiger partial charge in [0.1, 0.15) is 12.3 Å². The number of hydrogen-bond acceptors (Lipinski definition) is 4. The van der Waals surface area contributed by atoms with Crippen LogP contribution in [0.15, 0.2) is 23.2 Å². The molecular weight excluding hydrogens is 172 g/mol. The third kappa shape index (κ3) is 2.47. The van der Waals surface area contributed by atoms with E-state index >= 15 is 0 Å². The summed E-state index contributed by atoms with van der Waals surface area (Å²) in [6.45, 7) is 5.77. The Balaban J connectivity index is 2.52. The topological polar surface area (TPSA) is 34.5 Å². The molecule has 1 radical (unpaired) electrons. The molecule has 4 heteroatoms. The standard InChI is InChI=1S/C8H9N2OS/c1-3-4-11-10-7(2)8-5-12-6-9-8/h3,5H,1,4H2,2H3. The van der Waals surface area contributed by atoms with Crippen LogP contribution in [0, 0.1) is 5.51 Å². The fourth-order valence-corrected chi connectivity index (χ4v) is 1.12. The van der Waals surface area contributed by atoms with Gasteiger partial charge in [-0.2, -0.15) is 0 Å². The van der Waals surface area contributed by atoms with Gasteiger partial charge in [-0.05, 0) is 6.92 Å². The predicted octanol–water partition coefficient (Wildman–Crippen LogP) is 1.87. The van der Waals surface area contributed by atoms with Gasteiger partial charge in [-0.1, -0.05) is 17.8 Å². The third-order valence-electron chi connectivity index (χ3n) is 1.15. The monoisotopic (exact) mass is 181 g/mol. The first-order valence-electron chi connectivity index (χ1n) is 3.44. The quantitative estimate of drug-likeness (QED) is 0.307. The Kier molecular flexibility index (Phi) is 3.47. The molecule has 0 atom stereocenters. The second-order valence-corrected chi connectivity index (χ2v) is 2.74. The van der Waals surface area contributed by atoms with Crippen molar-refractivity contribution in [2.75, 3.05) is 6.61 Å². The highest BCUT2D eigenvalue weighted by molar-refractivity contribution is 7.07. The lowest BCUT2D eigenvalue weighted by molar-refractivity contribution is 0.175. The third-order valence-corrected chi connectivity index (χ3v) is 1.69. The lowest BCUT2D eigenvalue weighted by Crippen LogP contribution is -1.96. The van der Waals surface area contributed by atoms with Gasteiger partial charge in [0.05, 0.1) is 5.69 Å². The second-order valence-electron chi connectivity index (χ2n) is 2.09. The van der Waals surface area contributed by atoms with E-state index in [-0.39, 0.29) is 0 Å². The Bertz CT molecular complexity index is 267. The molecule has 0 aliphatic heterocycles. The molecular formula is C8H9N2OS. The average molecular weight is 181 g/mol. The molecule has 1 aromatic rings. The fraction of sp³-hybridized carbons (Fsp3) is 0.250. The Morgan fingerprint density at radius 2 is 2.83 bits per heavy atom. The molecule has 0 saturated heterocycles. The summed E-state index contributed by atoms with van der Waals surface area (Å²) in [4.78, 5) is 8.84. The smallest absolute Gasteiger partial charge is 0.152 e. The molecule has 1 rings (SSSR count). The van der Waals surface area contributed by atoms with Gasteiger partial charge in [0, 0.05) is 5.38 Å². The molecule has 12 heavy (non-hydrogen) atoms.